The van der Waals surface area contributed by atoms with Crippen molar-refractivity contribution in [1.82, 2.24) is 0 Å². The molecule has 1 heterocycles. The molecule has 0 aliphatic heterocycles. The van der Waals surface area contributed by atoms with Crippen LogP contribution < -0.4 is 10.2 Å². The zero-order valence-electron chi connectivity index (χ0n) is 13.4. The number of hydrogen-bond donors (Lipinski definition) is 1. The van der Waals surface area contributed by atoms with Crippen LogP contribution in [0.25, 0.3) is 0 Å². The summed E-state index contributed by atoms with van der Waals surface area (Å²) in [5.41, 5.74) is 1.64. The highest BCUT2D eigenvalue weighted by Crippen LogP contribution is 2.26. The van der Waals surface area contributed by atoms with Crippen LogP contribution >= 0.6 is 22.9 Å². The fraction of sp³-hybridized carbons (Fsp3) is 0.0526. The van der Waals surface area contributed by atoms with Gasteiger partial charge in [0.15, 0.2) is 0 Å². The minimum Gasteiger partial charge on any atom is -0.320 e. The van der Waals surface area contributed by atoms with E-state index in [1.165, 1.54) is 11.3 Å². The Hall–Kier alpha value is -2.63. The molecule has 126 valence electrons. The largest absolute Gasteiger partial charge is 0.320 e. The standard InChI is InChI=1S/C19H15ClN2O2S/c1-22(14-6-3-2-4-7-14)19(24)13-9-10-15(20)16(12-13)21-18(23)17-8-5-11-25-17/h2-12H,1H3,(H,21,23). The van der Waals surface area contributed by atoms with Crippen LogP contribution in [0.15, 0.2) is 66.0 Å². The van der Waals surface area contributed by atoms with Crippen molar-refractivity contribution in [2.75, 3.05) is 17.3 Å². The lowest BCUT2D eigenvalue weighted by atomic mass is 10.1. The van der Waals surface area contributed by atoms with Gasteiger partial charge in [0.1, 0.15) is 0 Å². The van der Waals surface area contributed by atoms with Crippen molar-refractivity contribution in [2.45, 2.75) is 0 Å². The van der Waals surface area contributed by atoms with Gasteiger partial charge in [0.25, 0.3) is 11.8 Å². The summed E-state index contributed by atoms with van der Waals surface area (Å²) < 4.78 is 0. The van der Waals surface area contributed by atoms with Gasteiger partial charge in [0, 0.05) is 18.3 Å². The molecule has 3 aromatic rings. The summed E-state index contributed by atoms with van der Waals surface area (Å²) in [6, 6.07) is 17.7. The van der Waals surface area contributed by atoms with Gasteiger partial charge < -0.3 is 10.2 Å². The summed E-state index contributed by atoms with van der Waals surface area (Å²) in [6.45, 7) is 0. The van der Waals surface area contributed by atoms with Gasteiger partial charge in [-0.3, -0.25) is 9.59 Å². The van der Waals surface area contributed by atoms with Crippen molar-refractivity contribution in [1.29, 1.82) is 0 Å². The van der Waals surface area contributed by atoms with Crippen LogP contribution in [0.4, 0.5) is 11.4 Å². The highest BCUT2D eigenvalue weighted by molar-refractivity contribution is 7.12. The number of thiophene rings is 1. The molecule has 0 atom stereocenters. The molecule has 0 saturated carbocycles. The molecule has 6 heteroatoms. The van der Waals surface area contributed by atoms with Crippen molar-refractivity contribution in [3.8, 4) is 0 Å². The fourth-order valence-corrected chi connectivity index (χ4v) is 3.09. The van der Waals surface area contributed by atoms with E-state index in [9.17, 15) is 9.59 Å². The summed E-state index contributed by atoms with van der Waals surface area (Å²) >= 11 is 7.51. The van der Waals surface area contributed by atoms with Crippen LogP contribution in [-0.2, 0) is 0 Å². The second-order valence-electron chi connectivity index (χ2n) is 5.33. The lowest BCUT2D eigenvalue weighted by Crippen LogP contribution is -2.26. The molecule has 4 nitrogen and oxygen atoms in total. The van der Waals surface area contributed by atoms with Gasteiger partial charge in [-0.1, -0.05) is 35.9 Å². The van der Waals surface area contributed by atoms with Gasteiger partial charge in [-0.15, -0.1) is 11.3 Å². The van der Waals surface area contributed by atoms with E-state index in [1.807, 2.05) is 35.7 Å². The minimum absolute atomic E-state index is 0.186. The Balaban J connectivity index is 1.83. The normalized spacial score (nSPS) is 10.3. The van der Waals surface area contributed by atoms with Crippen LogP contribution in [0.3, 0.4) is 0 Å². The van der Waals surface area contributed by atoms with E-state index in [0.29, 0.717) is 21.2 Å². The summed E-state index contributed by atoms with van der Waals surface area (Å²) in [6.07, 6.45) is 0. The molecule has 2 amide bonds. The third kappa shape index (κ3) is 3.90. The van der Waals surface area contributed by atoms with E-state index in [1.54, 1.807) is 42.3 Å². The smallest absolute Gasteiger partial charge is 0.265 e. The Morgan fingerprint density at radius 1 is 1.04 bits per heavy atom. The molecule has 0 unspecified atom stereocenters. The van der Waals surface area contributed by atoms with Gasteiger partial charge in [-0.25, -0.2) is 0 Å². The number of para-hydroxylation sites is 1. The summed E-state index contributed by atoms with van der Waals surface area (Å²) in [5.74, 6) is -0.438. The first-order valence-corrected chi connectivity index (χ1v) is 8.79. The molecule has 0 saturated heterocycles. The predicted molar refractivity (Wildman–Crippen MR) is 103 cm³/mol. The van der Waals surface area contributed by atoms with Crippen molar-refractivity contribution >= 4 is 46.1 Å². The molecule has 0 radical (unpaired) electrons. The lowest BCUT2D eigenvalue weighted by Gasteiger charge is -2.18. The number of halogens is 1. The van der Waals surface area contributed by atoms with Gasteiger partial charge in [-0.05, 0) is 41.8 Å². The molecule has 25 heavy (non-hydrogen) atoms. The monoisotopic (exact) mass is 370 g/mol. The Morgan fingerprint density at radius 3 is 2.48 bits per heavy atom. The maximum atomic E-state index is 12.7. The summed E-state index contributed by atoms with van der Waals surface area (Å²) in [4.78, 5) is 27.0. The fourth-order valence-electron chi connectivity index (χ4n) is 2.31. The Labute approximate surface area is 154 Å². The van der Waals surface area contributed by atoms with Crippen LogP contribution in [0, 0.1) is 0 Å². The van der Waals surface area contributed by atoms with Gasteiger partial charge >= 0.3 is 0 Å². The number of hydrogen-bond acceptors (Lipinski definition) is 3. The number of anilines is 2. The van der Waals surface area contributed by atoms with Gasteiger partial charge in [-0.2, -0.15) is 0 Å². The van der Waals surface area contributed by atoms with Crippen LogP contribution in [-0.4, -0.2) is 18.9 Å². The SMILES string of the molecule is CN(C(=O)c1ccc(Cl)c(NC(=O)c2cccs2)c1)c1ccccc1. The lowest BCUT2D eigenvalue weighted by molar-refractivity contribution is 0.0990. The van der Waals surface area contributed by atoms with Gasteiger partial charge in [0.2, 0.25) is 0 Å². The first kappa shape index (κ1) is 17.2. The van der Waals surface area contributed by atoms with E-state index in [4.69, 9.17) is 11.6 Å². The molecule has 0 fully saturated rings. The minimum atomic E-state index is -0.252. The number of nitrogens with one attached hydrogen (secondary N) is 1. The number of carbonyl (C=O) groups excluding carboxylic acids is 2. The molecule has 0 aliphatic carbocycles. The zero-order valence-corrected chi connectivity index (χ0v) is 15.0. The molecule has 1 aromatic heterocycles. The molecule has 3 rings (SSSR count). The van der Waals surface area contributed by atoms with E-state index in [-0.39, 0.29) is 11.8 Å². The number of rotatable bonds is 4. The zero-order chi connectivity index (χ0) is 17.8. The van der Waals surface area contributed by atoms with Gasteiger partial charge in [0.05, 0.1) is 15.6 Å². The second-order valence-corrected chi connectivity index (χ2v) is 6.68. The van der Waals surface area contributed by atoms with Crippen molar-refractivity contribution in [3.63, 3.8) is 0 Å². The number of amides is 2. The maximum Gasteiger partial charge on any atom is 0.265 e. The third-order valence-electron chi connectivity index (χ3n) is 3.65. The highest BCUT2D eigenvalue weighted by atomic mass is 35.5. The van der Waals surface area contributed by atoms with Crippen molar-refractivity contribution < 1.29 is 9.59 Å². The molecule has 0 spiro atoms. The average molecular weight is 371 g/mol. The number of benzene rings is 2. The summed E-state index contributed by atoms with van der Waals surface area (Å²) in [5, 5.41) is 4.96. The first-order valence-electron chi connectivity index (χ1n) is 7.54. The molecular weight excluding hydrogens is 356 g/mol. The Kier molecular flexibility index (Phi) is 5.16. The Morgan fingerprint density at radius 2 is 1.80 bits per heavy atom. The summed E-state index contributed by atoms with van der Waals surface area (Å²) in [7, 11) is 1.70. The van der Waals surface area contributed by atoms with Crippen LogP contribution in [0.1, 0.15) is 20.0 Å². The van der Waals surface area contributed by atoms with E-state index in [0.717, 1.165) is 5.69 Å². The second kappa shape index (κ2) is 7.51. The Bertz CT molecular complexity index is 895. The predicted octanol–water partition coefficient (Wildman–Crippen LogP) is 4.93. The molecule has 1 N–H and O–H groups in total. The van der Waals surface area contributed by atoms with Crippen LogP contribution in [0.2, 0.25) is 5.02 Å². The van der Waals surface area contributed by atoms with E-state index in [2.05, 4.69) is 5.32 Å². The van der Waals surface area contributed by atoms with Crippen LogP contribution in [0.5, 0.6) is 0 Å². The maximum absolute atomic E-state index is 12.7. The molecule has 0 bridgehead atoms. The van der Waals surface area contributed by atoms with Crippen molar-refractivity contribution in [3.05, 3.63) is 81.5 Å². The topological polar surface area (TPSA) is 49.4 Å². The first-order chi connectivity index (χ1) is 12.1. The van der Waals surface area contributed by atoms with E-state index < -0.39 is 0 Å². The number of carbonyl (C=O) groups is 2. The molecular formula is C19H15ClN2O2S. The molecule has 2 aromatic carbocycles. The molecule has 0 aliphatic rings. The van der Waals surface area contributed by atoms with E-state index >= 15 is 0 Å². The third-order valence-corrected chi connectivity index (χ3v) is 4.85. The number of nitrogens with zero attached hydrogens (tertiary/aromatic N) is 1. The average Bonchev–Trinajstić information content (AvgIpc) is 3.18. The quantitative estimate of drug-likeness (QED) is 0.707. The highest BCUT2D eigenvalue weighted by Gasteiger charge is 2.16. The van der Waals surface area contributed by atoms with Crippen molar-refractivity contribution in [2.24, 2.45) is 0 Å².